The van der Waals surface area contributed by atoms with Gasteiger partial charge in [-0.15, -0.1) is 5.10 Å². The van der Waals surface area contributed by atoms with E-state index in [0.29, 0.717) is 28.2 Å². The standard InChI is InChI=1S/C21H19F4N7O/c1-12-15(13(2)32-20(28-12)29-19(30-32)21(23,24)25)4-6-18(33)27-10-14-3-5-17(16(22)9-14)31-8-7-26-11-31/h3,5,7-9,11H,4,6,10H2,1-2H3,(H,27,33). The average Bonchev–Trinajstić information content (AvgIpc) is 3.42. The number of imidazole rings is 1. The molecule has 0 spiro atoms. The van der Waals surface area contributed by atoms with Crippen LogP contribution in [-0.4, -0.2) is 35.0 Å². The lowest BCUT2D eigenvalue weighted by Gasteiger charge is -2.11. The Bertz CT molecular complexity index is 1310. The molecule has 12 heteroatoms. The number of alkyl halides is 3. The molecule has 1 amide bonds. The first-order valence-corrected chi connectivity index (χ1v) is 9.97. The molecule has 1 aromatic carbocycles. The van der Waals surface area contributed by atoms with Gasteiger partial charge in [0.15, 0.2) is 0 Å². The zero-order valence-electron chi connectivity index (χ0n) is 17.7. The molecule has 0 radical (unpaired) electrons. The number of benzene rings is 1. The summed E-state index contributed by atoms with van der Waals surface area (Å²) in [5.74, 6) is -2.15. The molecular weight excluding hydrogens is 442 g/mol. The molecule has 33 heavy (non-hydrogen) atoms. The van der Waals surface area contributed by atoms with Gasteiger partial charge >= 0.3 is 6.18 Å². The maximum absolute atomic E-state index is 14.3. The van der Waals surface area contributed by atoms with E-state index >= 15 is 0 Å². The molecule has 0 aliphatic rings. The van der Waals surface area contributed by atoms with Gasteiger partial charge in [-0.25, -0.2) is 18.9 Å². The second-order valence-corrected chi connectivity index (χ2v) is 7.44. The van der Waals surface area contributed by atoms with Gasteiger partial charge in [0.05, 0.1) is 12.0 Å². The van der Waals surface area contributed by atoms with Gasteiger partial charge in [-0.3, -0.25) is 4.79 Å². The van der Waals surface area contributed by atoms with Gasteiger partial charge in [-0.05, 0) is 43.5 Å². The van der Waals surface area contributed by atoms with E-state index in [1.165, 1.54) is 12.4 Å². The summed E-state index contributed by atoms with van der Waals surface area (Å²) in [5.41, 5.74) is 2.46. The Hall–Kier alpha value is -3.83. The number of halogens is 4. The van der Waals surface area contributed by atoms with Gasteiger partial charge in [-0.2, -0.15) is 18.2 Å². The maximum atomic E-state index is 14.3. The number of amides is 1. The van der Waals surface area contributed by atoms with Crippen molar-refractivity contribution in [3.05, 3.63) is 71.1 Å². The largest absolute Gasteiger partial charge is 0.453 e. The second kappa shape index (κ2) is 8.60. The number of aryl methyl sites for hydroxylation is 2. The van der Waals surface area contributed by atoms with Crippen LogP contribution < -0.4 is 5.32 Å². The summed E-state index contributed by atoms with van der Waals surface area (Å²) < 4.78 is 55.7. The van der Waals surface area contributed by atoms with E-state index in [9.17, 15) is 22.4 Å². The van der Waals surface area contributed by atoms with Gasteiger partial charge in [0, 0.05) is 36.7 Å². The third-order valence-electron chi connectivity index (χ3n) is 5.19. The predicted octanol–water partition coefficient (Wildman–Crippen LogP) is 3.33. The highest BCUT2D eigenvalue weighted by atomic mass is 19.4. The van der Waals surface area contributed by atoms with Crippen molar-refractivity contribution in [2.75, 3.05) is 0 Å². The summed E-state index contributed by atoms with van der Waals surface area (Å²) >= 11 is 0. The molecule has 172 valence electrons. The molecule has 4 rings (SSSR count). The molecule has 8 nitrogen and oxygen atoms in total. The number of carbonyl (C=O) groups excluding carboxylic acids is 1. The highest BCUT2D eigenvalue weighted by Gasteiger charge is 2.37. The van der Waals surface area contributed by atoms with Crippen LogP contribution in [0.3, 0.4) is 0 Å². The quantitative estimate of drug-likeness (QED) is 0.445. The Morgan fingerprint density at radius 2 is 1.97 bits per heavy atom. The Morgan fingerprint density at radius 3 is 2.64 bits per heavy atom. The minimum absolute atomic E-state index is 0.0747. The van der Waals surface area contributed by atoms with E-state index in [4.69, 9.17) is 0 Å². The Labute approximate surface area is 185 Å². The fourth-order valence-electron chi connectivity index (χ4n) is 3.49. The van der Waals surface area contributed by atoms with Gasteiger partial charge in [0.1, 0.15) is 5.82 Å². The topological polar surface area (TPSA) is 90.0 Å². The number of fused-ring (bicyclic) bond motifs is 1. The smallest absolute Gasteiger partial charge is 0.352 e. The van der Waals surface area contributed by atoms with E-state index in [0.717, 1.165) is 4.52 Å². The molecule has 0 atom stereocenters. The van der Waals surface area contributed by atoms with E-state index in [2.05, 4.69) is 25.4 Å². The van der Waals surface area contributed by atoms with Crippen molar-refractivity contribution in [3.8, 4) is 5.69 Å². The summed E-state index contributed by atoms with van der Waals surface area (Å²) in [7, 11) is 0. The van der Waals surface area contributed by atoms with E-state index in [1.807, 2.05) is 0 Å². The lowest BCUT2D eigenvalue weighted by atomic mass is 10.1. The molecule has 0 aliphatic carbocycles. The zero-order chi connectivity index (χ0) is 23.8. The Kier molecular flexibility index (Phi) is 5.83. The van der Waals surface area contributed by atoms with Crippen molar-refractivity contribution in [2.24, 2.45) is 0 Å². The summed E-state index contributed by atoms with van der Waals surface area (Å²) in [6, 6.07) is 4.64. The Morgan fingerprint density at radius 1 is 1.18 bits per heavy atom. The number of hydrogen-bond acceptors (Lipinski definition) is 5. The SMILES string of the molecule is Cc1nc2nc(C(F)(F)F)nn2c(C)c1CCC(=O)NCc1ccc(-n2ccnc2)c(F)c1. The minimum atomic E-state index is -4.68. The summed E-state index contributed by atoms with van der Waals surface area (Å²) in [4.78, 5) is 23.7. The molecule has 0 unspecified atom stereocenters. The highest BCUT2D eigenvalue weighted by Crippen LogP contribution is 2.27. The van der Waals surface area contributed by atoms with Crippen molar-refractivity contribution < 1.29 is 22.4 Å². The summed E-state index contributed by atoms with van der Waals surface area (Å²) in [5, 5.41) is 6.22. The normalized spacial score (nSPS) is 11.8. The van der Waals surface area contributed by atoms with Crippen molar-refractivity contribution >= 4 is 11.7 Å². The lowest BCUT2D eigenvalue weighted by molar-refractivity contribution is -0.144. The third-order valence-corrected chi connectivity index (χ3v) is 5.19. The van der Waals surface area contributed by atoms with Crippen LogP contribution >= 0.6 is 0 Å². The second-order valence-electron chi connectivity index (χ2n) is 7.44. The zero-order valence-corrected chi connectivity index (χ0v) is 17.7. The molecule has 3 heterocycles. The average molecular weight is 461 g/mol. The molecule has 0 saturated heterocycles. The van der Waals surface area contributed by atoms with Gasteiger partial charge < -0.3 is 9.88 Å². The number of aromatic nitrogens is 6. The van der Waals surface area contributed by atoms with Gasteiger partial charge in [-0.1, -0.05) is 6.07 Å². The number of nitrogens with zero attached hydrogens (tertiary/aromatic N) is 6. The predicted molar refractivity (Wildman–Crippen MR) is 109 cm³/mol. The first kappa shape index (κ1) is 22.4. The van der Waals surface area contributed by atoms with Crippen LogP contribution in [0.1, 0.15) is 34.8 Å². The van der Waals surface area contributed by atoms with Crippen molar-refractivity contribution in [1.29, 1.82) is 0 Å². The first-order chi connectivity index (χ1) is 15.6. The summed E-state index contributed by atoms with van der Waals surface area (Å²) in [6.45, 7) is 3.38. The third kappa shape index (κ3) is 4.69. The number of nitrogens with one attached hydrogen (secondary N) is 1. The molecule has 0 saturated carbocycles. The van der Waals surface area contributed by atoms with Crippen LogP contribution in [0.4, 0.5) is 17.6 Å². The van der Waals surface area contributed by atoms with Crippen molar-refractivity contribution in [1.82, 2.24) is 34.4 Å². The Balaban J connectivity index is 1.40. The van der Waals surface area contributed by atoms with E-state index < -0.39 is 17.8 Å². The lowest BCUT2D eigenvalue weighted by Crippen LogP contribution is -2.23. The molecular formula is C21H19F4N7O. The van der Waals surface area contributed by atoms with Crippen LogP contribution in [0.2, 0.25) is 0 Å². The van der Waals surface area contributed by atoms with Gasteiger partial charge in [0.25, 0.3) is 11.6 Å². The molecule has 0 fully saturated rings. The number of hydrogen-bond donors (Lipinski definition) is 1. The molecule has 0 bridgehead atoms. The summed E-state index contributed by atoms with van der Waals surface area (Å²) in [6.07, 6.45) is 0.304. The van der Waals surface area contributed by atoms with Crippen LogP contribution in [0, 0.1) is 19.7 Å². The monoisotopic (exact) mass is 461 g/mol. The van der Waals surface area contributed by atoms with Crippen LogP contribution in [-0.2, 0) is 23.9 Å². The van der Waals surface area contributed by atoms with E-state index in [-0.39, 0.29) is 31.1 Å². The van der Waals surface area contributed by atoms with Crippen molar-refractivity contribution in [3.63, 3.8) is 0 Å². The fraction of sp³-hybridized carbons (Fsp3) is 0.286. The van der Waals surface area contributed by atoms with Crippen molar-refractivity contribution in [2.45, 2.75) is 39.4 Å². The maximum Gasteiger partial charge on any atom is 0.453 e. The highest BCUT2D eigenvalue weighted by molar-refractivity contribution is 5.76. The van der Waals surface area contributed by atoms with Crippen LogP contribution in [0.5, 0.6) is 0 Å². The minimum Gasteiger partial charge on any atom is -0.352 e. The van der Waals surface area contributed by atoms with Crippen LogP contribution in [0.25, 0.3) is 11.5 Å². The molecule has 4 aromatic rings. The fourth-order valence-corrected chi connectivity index (χ4v) is 3.49. The van der Waals surface area contributed by atoms with Gasteiger partial charge in [0.2, 0.25) is 5.91 Å². The number of rotatable bonds is 6. The van der Waals surface area contributed by atoms with Crippen LogP contribution in [0.15, 0.2) is 36.9 Å². The first-order valence-electron chi connectivity index (χ1n) is 9.97. The van der Waals surface area contributed by atoms with E-state index in [1.54, 1.807) is 42.9 Å². The molecule has 1 N–H and O–H groups in total. The molecule has 0 aliphatic heterocycles. The molecule has 3 aromatic heterocycles. The number of carbonyl (C=O) groups is 1.